The highest BCUT2D eigenvalue weighted by molar-refractivity contribution is 6.30. The Kier molecular flexibility index (Phi) is 5.79. The quantitative estimate of drug-likeness (QED) is 0.840. The molecule has 0 saturated carbocycles. The second kappa shape index (κ2) is 8.06. The molecule has 0 aromatic heterocycles. The predicted molar refractivity (Wildman–Crippen MR) is 98.2 cm³/mol. The fourth-order valence-corrected chi connectivity index (χ4v) is 3.82. The van der Waals surface area contributed by atoms with Gasteiger partial charge in [0.05, 0.1) is 19.1 Å². The van der Waals surface area contributed by atoms with Gasteiger partial charge in [-0.05, 0) is 55.3 Å². The summed E-state index contributed by atoms with van der Waals surface area (Å²) in [6, 6.07) is 11.5. The van der Waals surface area contributed by atoms with E-state index < -0.39 is 11.9 Å². The number of likely N-dealkylation sites (tertiary alicyclic amines) is 1. The smallest absolute Gasteiger partial charge is 0.307 e. The zero-order chi connectivity index (χ0) is 18.7. The van der Waals surface area contributed by atoms with Crippen LogP contribution in [-0.2, 0) is 4.79 Å². The molecule has 1 aliphatic rings. The number of carbonyl (C=O) groups is 1. The van der Waals surface area contributed by atoms with E-state index in [0.717, 1.165) is 18.5 Å². The lowest BCUT2D eigenvalue weighted by Crippen LogP contribution is -2.41. The Morgan fingerprint density at radius 3 is 2.85 bits per heavy atom. The van der Waals surface area contributed by atoms with Gasteiger partial charge in [-0.2, -0.15) is 0 Å². The van der Waals surface area contributed by atoms with Crippen molar-refractivity contribution in [3.8, 4) is 5.75 Å². The summed E-state index contributed by atoms with van der Waals surface area (Å²) in [6.45, 7) is 1.12. The van der Waals surface area contributed by atoms with Crippen LogP contribution in [0.25, 0.3) is 0 Å². The number of hydrogen-bond acceptors (Lipinski definition) is 3. The largest absolute Gasteiger partial charge is 0.496 e. The molecule has 0 aliphatic carbocycles. The van der Waals surface area contributed by atoms with Crippen LogP contribution in [0.15, 0.2) is 42.5 Å². The molecule has 6 heteroatoms. The van der Waals surface area contributed by atoms with Gasteiger partial charge in [0.25, 0.3) is 0 Å². The Labute approximate surface area is 157 Å². The summed E-state index contributed by atoms with van der Waals surface area (Å²) in [6.07, 6.45) is 1.42. The van der Waals surface area contributed by atoms with Crippen molar-refractivity contribution in [3.63, 3.8) is 0 Å². The lowest BCUT2D eigenvalue weighted by Gasteiger charge is -2.38. The molecule has 2 unspecified atom stereocenters. The number of aliphatic carboxylic acids is 1. The number of ether oxygens (including phenoxy) is 1. The molecule has 1 saturated heterocycles. The molecule has 0 bridgehead atoms. The van der Waals surface area contributed by atoms with Gasteiger partial charge in [-0.25, -0.2) is 4.39 Å². The molecular weight excluding hydrogens is 357 g/mol. The number of benzene rings is 2. The average Bonchev–Trinajstić information content (AvgIpc) is 2.62. The van der Waals surface area contributed by atoms with Crippen LogP contribution in [0, 0.1) is 11.7 Å². The maximum Gasteiger partial charge on any atom is 0.307 e. The van der Waals surface area contributed by atoms with Gasteiger partial charge in [0.1, 0.15) is 11.6 Å². The summed E-state index contributed by atoms with van der Waals surface area (Å²) in [5, 5.41) is 10.0. The van der Waals surface area contributed by atoms with Crippen LogP contribution in [0.4, 0.5) is 4.39 Å². The zero-order valence-corrected chi connectivity index (χ0v) is 15.2. The van der Waals surface area contributed by atoms with Crippen LogP contribution < -0.4 is 4.74 Å². The van der Waals surface area contributed by atoms with Crippen LogP contribution in [0.3, 0.4) is 0 Å². The van der Waals surface area contributed by atoms with Crippen LogP contribution in [-0.4, -0.2) is 36.2 Å². The predicted octanol–water partition coefficient (Wildman–Crippen LogP) is 4.37. The van der Waals surface area contributed by atoms with Gasteiger partial charge in [-0.1, -0.05) is 23.7 Å². The third-order valence-electron chi connectivity index (χ3n) is 4.82. The van der Waals surface area contributed by atoms with Crippen molar-refractivity contribution in [3.05, 3.63) is 64.4 Å². The lowest BCUT2D eigenvalue weighted by atomic mass is 9.91. The van der Waals surface area contributed by atoms with Gasteiger partial charge >= 0.3 is 5.97 Å². The maximum absolute atomic E-state index is 14.0. The van der Waals surface area contributed by atoms with E-state index in [4.69, 9.17) is 16.3 Å². The lowest BCUT2D eigenvalue weighted by molar-refractivity contribution is -0.143. The fourth-order valence-electron chi connectivity index (χ4n) is 3.63. The maximum atomic E-state index is 14.0. The Balaban J connectivity index is 2.08. The van der Waals surface area contributed by atoms with Gasteiger partial charge in [0, 0.05) is 17.1 Å². The van der Waals surface area contributed by atoms with Crippen molar-refractivity contribution in [2.75, 3.05) is 20.2 Å². The third-order valence-corrected chi connectivity index (χ3v) is 5.05. The first-order valence-corrected chi connectivity index (χ1v) is 8.93. The van der Waals surface area contributed by atoms with Crippen LogP contribution in [0.5, 0.6) is 5.75 Å². The molecular formula is C20H21ClFNO3. The number of methoxy groups -OCH3 is 1. The van der Waals surface area contributed by atoms with E-state index in [1.54, 1.807) is 19.2 Å². The van der Waals surface area contributed by atoms with Crippen molar-refractivity contribution in [2.45, 2.75) is 18.9 Å². The standard InChI is InChI=1S/C20H21ClFNO3/c1-26-18-8-7-16(22)11-17(18)19(13-4-2-6-15(21)10-13)23-9-3-5-14(12-23)20(24)25/h2,4,6-8,10-11,14,19H,3,5,9,12H2,1H3,(H,24,25). The van der Waals surface area contributed by atoms with E-state index in [0.29, 0.717) is 29.3 Å². The summed E-state index contributed by atoms with van der Waals surface area (Å²) in [4.78, 5) is 13.6. The molecule has 0 radical (unpaired) electrons. The molecule has 2 aromatic rings. The van der Waals surface area contributed by atoms with Gasteiger partial charge < -0.3 is 9.84 Å². The van der Waals surface area contributed by atoms with E-state index in [1.807, 2.05) is 18.2 Å². The SMILES string of the molecule is COc1ccc(F)cc1C(c1cccc(Cl)c1)N1CCCC(C(=O)O)C1. The van der Waals surface area contributed by atoms with E-state index in [2.05, 4.69) is 4.90 Å². The van der Waals surface area contributed by atoms with Crippen LogP contribution in [0.1, 0.15) is 30.0 Å². The Morgan fingerprint density at radius 1 is 1.35 bits per heavy atom. The van der Waals surface area contributed by atoms with Gasteiger partial charge in [0.15, 0.2) is 0 Å². The van der Waals surface area contributed by atoms with Gasteiger partial charge in [0.2, 0.25) is 0 Å². The molecule has 1 heterocycles. The Morgan fingerprint density at radius 2 is 2.15 bits per heavy atom. The van der Waals surface area contributed by atoms with E-state index >= 15 is 0 Å². The molecule has 1 N–H and O–H groups in total. The van der Waals surface area contributed by atoms with Crippen LogP contribution in [0.2, 0.25) is 5.02 Å². The summed E-state index contributed by atoms with van der Waals surface area (Å²) in [7, 11) is 1.54. The molecule has 0 spiro atoms. The van der Waals surface area contributed by atoms with E-state index in [1.165, 1.54) is 12.1 Å². The molecule has 3 rings (SSSR count). The average molecular weight is 378 g/mol. The highest BCUT2D eigenvalue weighted by Crippen LogP contribution is 2.38. The molecule has 1 aliphatic heterocycles. The molecule has 2 aromatic carbocycles. The first-order valence-electron chi connectivity index (χ1n) is 8.55. The summed E-state index contributed by atoms with van der Waals surface area (Å²) in [5.41, 5.74) is 1.55. The van der Waals surface area contributed by atoms with Crippen molar-refractivity contribution >= 4 is 17.6 Å². The first-order chi connectivity index (χ1) is 12.5. The minimum atomic E-state index is -0.800. The highest BCUT2D eigenvalue weighted by Gasteiger charge is 2.32. The summed E-state index contributed by atoms with van der Waals surface area (Å²) < 4.78 is 19.5. The zero-order valence-electron chi connectivity index (χ0n) is 14.5. The van der Waals surface area contributed by atoms with Gasteiger partial charge in [-0.3, -0.25) is 9.69 Å². The molecule has 4 nitrogen and oxygen atoms in total. The number of carboxylic acids is 1. The minimum absolute atomic E-state index is 0.332. The minimum Gasteiger partial charge on any atom is -0.496 e. The molecule has 26 heavy (non-hydrogen) atoms. The fraction of sp³-hybridized carbons (Fsp3) is 0.350. The molecule has 138 valence electrons. The molecule has 2 atom stereocenters. The van der Waals surface area contributed by atoms with Crippen molar-refractivity contribution < 1.29 is 19.0 Å². The summed E-state index contributed by atoms with van der Waals surface area (Å²) in [5.74, 6) is -1.04. The number of carboxylic acid groups (broad SMARTS) is 1. The first kappa shape index (κ1) is 18.7. The topological polar surface area (TPSA) is 49.8 Å². The number of hydrogen-bond donors (Lipinski definition) is 1. The van der Waals surface area contributed by atoms with Crippen molar-refractivity contribution in [1.82, 2.24) is 4.90 Å². The summed E-state index contributed by atoms with van der Waals surface area (Å²) >= 11 is 6.18. The molecule has 1 fully saturated rings. The molecule has 0 amide bonds. The van der Waals surface area contributed by atoms with E-state index in [-0.39, 0.29) is 11.9 Å². The van der Waals surface area contributed by atoms with Crippen molar-refractivity contribution in [2.24, 2.45) is 5.92 Å². The Hall–Kier alpha value is -2.11. The number of rotatable bonds is 5. The highest BCUT2D eigenvalue weighted by atomic mass is 35.5. The number of piperidine rings is 1. The second-order valence-corrected chi connectivity index (χ2v) is 6.95. The van der Waals surface area contributed by atoms with Crippen LogP contribution >= 0.6 is 11.6 Å². The number of nitrogens with zero attached hydrogens (tertiary/aromatic N) is 1. The van der Waals surface area contributed by atoms with Crippen molar-refractivity contribution in [1.29, 1.82) is 0 Å². The van der Waals surface area contributed by atoms with Gasteiger partial charge in [-0.15, -0.1) is 0 Å². The Bertz CT molecular complexity index is 798. The normalized spacial score (nSPS) is 19.1. The monoisotopic (exact) mass is 377 g/mol. The third kappa shape index (κ3) is 4.00. The second-order valence-electron chi connectivity index (χ2n) is 6.52. The van der Waals surface area contributed by atoms with E-state index in [9.17, 15) is 14.3 Å². The number of halogens is 2.